The number of hydrogen-bond acceptors (Lipinski definition) is 5. The third kappa shape index (κ3) is 5.50. The zero-order chi connectivity index (χ0) is 24.1. The molecule has 1 aromatic carbocycles. The summed E-state index contributed by atoms with van der Waals surface area (Å²) in [6.07, 6.45) is 6.46. The van der Waals surface area contributed by atoms with Gasteiger partial charge in [0.2, 0.25) is 0 Å². The van der Waals surface area contributed by atoms with E-state index in [2.05, 4.69) is 21.5 Å². The monoisotopic (exact) mass is 450 g/mol. The Morgan fingerprint density at radius 3 is 2.61 bits per heavy atom. The highest BCUT2D eigenvalue weighted by Crippen LogP contribution is 2.41. The number of nitrogens with one attached hydrogen (secondary N) is 1. The molecule has 0 aliphatic heterocycles. The van der Waals surface area contributed by atoms with Crippen molar-refractivity contribution in [1.82, 2.24) is 20.1 Å². The normalized spacial score (nSPS) is 15.2. The van der Waals surface area contributed by atoms with Crippen LogP contribution in [-0.4, -0.2) is 32.6 Å². The smallest absolute Gasteiger partial charge is 0.321 e. The summed E-state index contributed by atoms with van der Waals surface area (Å²) in [4.78, 5) is 15.4. The molecule has 1 aliphatic rings. The highest BCUT2D eigenvalue weighted by atomic mass is 19.3. The zero-order valence-electron chi connectivity index (χ0n) is 18.4. The summed E-state index contributed by atoms with van der Waals surface area (Å²) in [6, 6.07) is 14.8. The van der Waals surface area contributed by atoms with Gasteiger partial charge >= 0.3 is 5.92 Å². The van der Waals surface area contributed by atoms with Crippen molar-refractivity contribution in [2.24, 2.45) is 0 Å². The summed E-state index contributed by atoms with van der Waals surface area (Å²) in [6.45, 7) is 2.44. The highest BCUT2D eigenvalue weighted by Gasteiger charge is 2.40. The fraction of sp³-hybridized carbons (Fsp3) is 0.375. The first-order chi connectivity index (χ1) is 15.7. The van der Waals surface area contributed by atoms with E-state index in [0.717, 1.165) is 35.9 Å². The van der Waals surface area contributed by atoms with Crippen LogP contribution in [0.25, 0.3) is 10.9 Å². The Kier molecular flexibility index (Phi) is 7.03. The van der Waals surface area contributed by atoms with Gasteiger partial charge in [-0.1, -0.05) is 6.07 Å². The van der Waals surface area contributed by atoms with Gasteiger partial charge < -0.3 is 5.32 Å². The van der Waals surface area contributed by atoms with E-state index < -0.39 is 17.9 Å². The second-order valence-corrected chi connectivity index (χ2v) is 8.24. The number of aromatic nitrogens is 3. The molecule has 2 heterocycles. The van der Waals surface area contributed by atoms with Crippen molar-refractivity contribution in [3.8, 4) is 12.1 Å². The predicted molar refractivity (Wildman–Crippen MR) is 118 cm³/mol. The maximum absolute atomic E-state index is 12.8. The summed E-state index contributed by atoms with van der Waals surface area (Å²) >= 11 is 0. The summed E-state index contributed by atoms with van der Waals surface area (Å²) in [5, 5.41) is 25.0. The molecule has 3 aromatic rings. The molecular formula is C24H24F2N6O. The second kappa shape index (κ2) is 9.74. The van der Waals surface area contributed by atoms with Crippen LogP contribution in [-0.2, 0) is 16.8 Å². The van der Waals surface area contributed by atoms with E-state index in [9.17, 15) is 13.6 Å². The Morgan fingerprint density at radius 2 is 2.06 bits per heavy atom. The van der Waals surface area contributed by atoms with Crippen LogP contribution in [0.1, 0.15) is 44.4 Å². The molecule has 33 heavy (non-hydrogen) atoms. The minimum absolute atomic E-state index is 0.249. The average molecular weight is 450 g/mol. The first-order valence-electron chi connectivity index (χ1n) is 10.6. The molecule has 9 heteroatoms. The number of amides is 1. The van der Waals surface area contributed by atoms with Gasteiger partial charge in [-0.25, -0.2) is 0 Å². The van der Waals surface area contributed by atoms with Crippen molar-refractivity contribution in [3.05, 3.63) is 60.0 Å². The number of nitrogens with zero attached hydrogens (tertiary/aromatic N) is 5. The van der Waals surface area contributed by atoms with Gasteiger partial charge in [-0.05, 0) is 56.5 Å². The molecular weight excluding hydrogens is 426 g/mol. The molecule has 1 fully saturated rings. The van der Waals surface area contributed by atoms with E-state index in [1.54, 1.807) is 42.2 Å². The lowest BCUT2D eigenvalue weighted by molar-refractivity contribution is -0.143. The minimum atomic E-state index is -3.40. The Morgan fingerprint density at radius 1 is 1.30 bits per heavy atom. The van der Waals surface area contributed by atoms with E-state index in [0.29, 0.717) is 12.5 Å². The number of pyridine rings is 1. The maximum Gasteiger partial charge on any atom is 0.321 e. The van der Waals surface area contributed by atoms with Crippen LogP contribution < -0.4 is 5.32 Å². The van der Waals surface area contributed by atoms with Crippen LogP contribution in [0.3, 0.4) is 0 Å². The lowest BCUT2D eigenvalue weighted by Crippen LogP contribution is -2.44. The molecule has 1 atom stereocenters. The Labute approximate surface area is 190 Å². The molecule has 0 bridgehead atoms. The van der Waals surface area contributed by atoms with Crippen LogP contribution >= 0.6 is 0 Å². The number of hydrogen-bond donors (Lipinski definition) is 1. The summed E-state index contributed by atoms with van der Waals surface area (Å²) in [7, 11) is 0. The second-order valence-electron chi connectivity index (χ2n) is 8.24. The molecule has 1 saturated carbocycles. The molecule has 1 unspecified atom stereocenters. The lowest BCUT2D eigenvalue weighted by Gasteiger charge is -2.34. The van der Waals surface area contributed by atoms with Gasteiger partial charge in [0.15, 0.2) is 0 Å². The first-order valence-corrected chi connectivity index (χ1v) is 10.6. The molecule has 1 amide bonds. The van der Waals surface area contributed by atoms with Crippen molar-refractivity contribution < 1.29 is 13.6 Å². The standard InChI is InChI=1S/C14H14F2N4O.C10H10N2/c1-9(19-13(21)14(2,15)16)8-20-12-4-3-10(6-17)5-11(12)7-18-20;11-8-10(5-3-6-10)9-4-1-2-7-12-9/h3-5,7,9H,8H2,1-2H3,(H,19,21);1-2,4,7H,3,5-6H2. The highest BCUT2D eigenvalue weighted by molar-refractivity contribution is 5.83. The third-order valence-corrected chi connectivity index (χ3v) is 5.57. The van der Waals surface area contributed by atoms with Crippen molar-refractivity contribution in [1.29, 1.82) is 10.5 Å². The van der Waals surface area contributed by atoms with Crippen molar-refractivity contribution in [2.75, 3.05) is 0 Å². The number of halogens is 2. The van der Waals surface area contributed by atoms with E-state index >= 15 is 0 Å². The van der Waals surface area contributed by atoms with Crippen LogP contribution in [0.15, 0.2) is 48.8 Å². The maximum atomic E-state index is 12.8. The molecule has 1 aliphatic carbocycles. The molecule has 2 aromatic heterocycles. The number of rotatable bonds is 5. The number of fused-ring (bicyclic) bond motifs is 1. The molecule has 4 rings (SSSR count). The van der Waals surface area contributed by atoms with Crippen molar-refractivity contribution >= 4 is 16.8 Å². The van der Waals surface area contributed by atoms with Gasteiger partial charge in [0, 0.05) is 24.5 Å². The molecule has 1 N–H and O–H groups in total. The fourth-order valence-electron chi connectivity index (χ4n) is 3.56. The first kappa shape index (κ1) is 23.8. The zero-order valence-corrected chi connectivity index (χ0v) is 18.4. The van der Waals surface area contributed by atoms with Crippen LogP contribution in [0, 0.1) is 22.7 Å². The number of benzene rings is 1. The number of nitriles is 2. The number of alkyl halides is 2. The SMILES string of the molecule is CC(Cn1ncc2cc(C#N)ccc21)NC(=O)C(C)(F)F.N#CC1(c2ccccn2)CCC1. The number of carbonyl (C=O) groups is 1. The molecule has 0 saturated heterocycles. The van der Waals surface area contributed by atoms with Crippen LogP contribution in [0.4, 0.5) is 8.78 Å². The minimum Gasteiger partial charge on any atom is -0.347 e. The van der Waals surface area contributed by atoms with Gasteiger partial charge in [0.25, 0.3) is 5.91 Å². The van der Waals surface area contributed by atoms with Crippen molar-refractivity contribution in [3.63, 3.8) is 0 Å². The Bertz CT molecular complexity index is 1200. The molecule has 7 nitrogen and oxygen atoms in total. The summed E-state index contributed by atoms with van der Waals surface area (Å²) < 4.78 is 27.3. The predicted octanol–water partition coefficient (Wildman–Crippen LogP) is 4.09. The molecule has 0 radical (unpaired) electrons. The lowest BCUT2D eigenvalue weighted by atomic mass is 9.67. The Hall–Kier alpha value is -3.85. The van der Waals surface area contributed by atoms with Crippen LogP contribution in [0.5, 0.6) is 0 Å². The van der Waals surface area contributed by atoms with Crippen molar-refractivity contribution in [2.45, 2.75) is 57.0 Å². The van der Waals surface area contributed by atoms with Crippen LogP contribution in [0.2, 0.25) is 0 Å². The van der Waals surface area contributed by atoms with E-state index in [1.165, 1.54) is 0 Å². The molecule has 170 valence electrons. The van der Waals surface area contributed by atoms with E-state index in [1.807, 2.05) is 24.3 Å². The summed E-state index contributed by atoms with van der Waals surface area (Å²) in [5.74, 6) is -4.71. The summed E-state index contributed by atoms with van der Waals surface area (Å²) in [5.41, 5.74) is 1.99. The topological polar surface area (TPSA) is 107 Å². The Balaban J connectivity index is 0.000000215. The number of carbonyl (C=O) groups excluding carboxylic acids is 1. The van der Waals surface area contributed by atoms with Gasteiger partial charge in [-0.15, -0.1) is 0 Å². The fourth-order valence-corrected chi connectivity index (χ4v) is 3.56. The van der Waals surface area contributed by atoms with Gasteiger partial charge in [-0.2, -0.15) is 24.4 Å². The quantitative estimate of drug-likeness (QED) is 0.630. The third-order valence-electron chi connectivity index (χ3n) is 5.57. The average Bonchev–Trinajstić information content (AvgIpc) is 3.15. The largest absolute Gasteiger partial charge is 0.347 e. The van der Waals surface area contributed by atoms with E-state index in [-0.39, 0.29) is 12.0 Å². The van der Waals surface area contributed by atoms with E-state index in [4.69, 9.17) is 10.5 Å². The van der Waals surface area contributed by atoms with Gasteiger partial charge in [0.05, 0.1) is 47.1 Å². The van der Waals surface area contributed by atoms with Gasteiger partial charge in [0.1, 0.15) is 0 Å². The molecule has 0 spiro atoms. The van der Waals surface area contributed by atoms with Gasteiger partial charge in [-0.3, -0.25) is 14.5 Å².